The molecule has 0 aliphatic carbocycles. The van der Waals surface area contributed by atoms with E-state index in [1.165, 1.54) is 16.7 Å². The molecule has 0 atom stereocenters. The minimum Gasteiger partial charge on any atom is -0.307 e. The number of halogens is 1. The summed E-state index contributed by atoms with van der Waals surface area (Å²) < 4.78 is 0. The van der Waals surface area contributed by atoms with Crippen LogP contribution in [0.5, 0.6) is 0 Å². The molecule has 15 heavy (non-hydrogen) atoms. The molecule has 2 rings (SSSR count). The van der Waals surface area contributed by atoms with Gasteiger partial charge >= 0.3 is 0 Å². The van der Waals surface area contributed by atoms with Crippen LogP contribution in [0.4, 0.5) is 0 Å². The van der Waals surface area contributed by atoms with Gasteiger partial charge in [-0.25, -0.2) is 0 Å². The van der Waals surface area contributed by atoms with Crippen LogP contribution >= 0.6 is 11.6 Å². The quantitative estimate of drug-likeness (QED) is 0.771. The van der Waals surface area contributed by atoms with Crippen molar-refractivity contribution in [3.63, 3.8) is 0 Å². The summed E-state index contributed by atoms with van der Waals surface area (Å²) in [6.45, 7) is 7.61. The molecule has 0 fully saturated rings. The molecule has 0 bridgehead atoms. The molecule has 0 spiro atoms. The van der Waals surface area contributed by atoms with Crippen LogP contribution in [0.25, 0.3) is 0 Å². The molecule has 0 amide bonds. The third kappa shape index (κ3) is 1.91. The largest absolute Gasteiger partial charge is 0.307 e. The van der Waals surface area contributed by atoms with Crippen molar-refractivity contribution in [1.82, 2.24) is 5.32 Å². The Morgan fingerprint density at radius 3 is 2.80 bits per heavy atom. The Morgan fingerprint density at radius 1 is 1.40 bits per heavy atom. The van der Waals surface area contributed by atoms with E-state index in [0.29, 0.717) is 0 Å². The molecule has 1 N–H and O–H groups in total. The van der Waals surface area contributed by atoms with Crippen molar-refractivity contribution in [3.8, 4) is 0 Å². The second-order valence-corrected chi connectivity index (χ2v) is 5.17. The van der Waals surface area contributed by atoms with E-state index in [2.05, 4.69) is 38.2 Å². The predicted molar refractivity (Wildman–Crippen MR) is 65.6 cm³/mol. The van der Waals surface area contributed by atoms with Gasteiger partial charge < -0.3 is 5.32 Å². The summed E-state index contributed by atoms with van der Waals surface area (Å²) in [6, 6.07) is 4.42. The zero-order chi connectivity index (χ0) is 11.1. The molecule has 1 aliphatic heterocycles. The highest BCUT2D eigenvalue weighted by molar-refractivity contribution is 6.31. The van der Waals surface area contributed by atoms with Gasteiger partial charge in [0.1, 0.15) is 0 Å². The maximum atomic E-state index is 6.37. The molecule has 0 saturated carbocycles. The van der Waals surface area contributed by atoms with E-state index in [0.717, 1.165) is 24.4 Å². The molecule has 1 heterocycles. The summed E-state index contributed by atoms with van der Waals surface area (Å²) in [6.07, 6.45) is 2.15. The molecule has 0 saturated heterocycles. The number of hydrogen-bond acceptors (Lipinski definition) is 1. The lowest BCUT2D eigenvalue weighted by Crippen LogP contribution is -2.42. The van der Waals surface area contributed by atoms with Crippen LogP contribution < -0.4 is 5.32 Å². The van der Waals surface area contributed by atoms with Gasteiger partial charge in [0.2, 0.25) is 0 Å². The summed E-state index contributed by atoms with van der Waals surface area (Å²) in [5.41, 5.74) is 4.06. The average Bonchev–Trinajstić information content (AvgIpc) is 2.15. The van der Waals surface area contributed by atoms with Gasteiger partial charge in [0, 0.05) is 10.6 Å². The second kappa shape index (κ2) is 3.80. The van der Waals surface area contributed by atoms with Crippen molar-refractivity contribution < 1.29 is 0 Å². The number of benzene rings is 1. The summed E-state index contributed by atoms with van der Waals surface area (Å²) in [7, 11) is 0. The van der Waals surface area contributed by atoms with Crippen LogP contribution in [-0.2, 0) is 18.4 Å². The van der Waals surface area contributed by atoms with Crippen molar-refractivity contribution in [2.45, 2.75) is 39.2 Å². The highest BCUT2D eigenvalue weighted by Crippen LogP contribution is 2.35. The van der Waals surface area contributed by atoms with Gasteiger partial charge in [-0.2, -0.15) is 0 Å². The average molecular weight is 224 g/mol. The summed E-state index contributed by atoms with van der Waals surface area (Å²) in [5, 5.41) is 4.43. The second-order valence-electron chi connectivity index (χ2n) is 4.77. The van der Waals surface area contributed by atoms with Crippen LogP contribution in [0.2, 0.25) is 5.02 Å². The third-order valence-electron chi connectivity index (χ3n) is 3.23. The molecule has 1 aromatic carbocycles. The highest BCUT2D eigenvalue weighted by atomic mass is 35.5. The molecule has 1 nitrogen and oxygen atoms in total. The Balaban J connectivity index is 2.58. The van der Waals surface area contributed by atoms with E-state index in [4.69, 9.17) is 11.6 Å². The molecule has 0 aromatic heterocycles. The number of rotatable bonds is 1. The Bertz CT molecular complexity index is 382. The number of fused-ring (bicyclic) bond motifs is 1. The van der Waals surface area contributed by atoms with Crippen molar-refractivity contribution in [3.05, 3.63) is 33.8 Å². The monoisotopic (exact) mass is 223 g/mol. The molecule has 0 radical (unpaired) electrons. The van der Waals surface area contributed by atoms with Gasteiger partial charge in [-0.3, -0.25) is 0 Å². The fourth-order valence-corrected chi connectivity index (χ4v) is 2.92. The maximum absolute atomic E-state index is 6.37. The first-order valence-corrected chi connectivity index (χ1v) is 5.99. The number of nitrogens with one attached hydrogen (secondary N) is 1. The lowest BCUT2D eigenvalue weighted by atomic mass is 9.84. The van der Waals surface area contributed by atoms with Crippen LogP contribution in [0.1, 0.15) is 37.5 Å². The first kappa shape index (κ1) is 11.0. The van der Waals surface area contributed by atoms with Gasteiger partial charge in [0.25, 0.3) is 0 Å². The minimum absolute atomic E-state index is 0.0109. The van der Waals surface area contributed by atoms with E-state index in [1.54, 1.807) is 0 Å². The molecular formula is C13H18ClN. The van der Waals surface area contributed by atoms with Crippen molar-refractivity contribution >= 4 is 11.6 Å². The predicted octanol–water partition coefficient (Wildman–Crippen LogP) is 3.28. The molecule has 1 aromatic rings. The third-order valence-corrected chi connectivity index (χ3v) is 3.52. The van der Waals surface area contributed by atoms with Crippen LogP contribution in [-0.4, -0.2) is 6.54 Å². The Labute approximate surface area is 96.8 Å². The summed E-state index contributed by atoms with van der Waals surface area (Å²) in [4.78, 5) is 0. The molecular weight excluding hydrogens is 206 g/mol. The van der Waals surface area contributed by atoms with Gasteiger partial charge in [-0.1, -0.05) is 24.6 Å². The van der Waals surface area contributed by atoms with E-state index < -0.39 is 0 Å². The van der Waals surface area contributed by atoms with Crippen molar-refractivity contribution in [2.75, 3.05) is 6.54 Å². The standard InChI is InChI=1S/C13H18ClN/c1-4-9-7-10-5-6-15-13(2,3)12(10)11(14)8-9/h7-8,15H,4-6H2,1-3H3. The van der Waals surface area contributed by atoms with Crippen molar-refractivity contribution in [2.24, 2.45) is 0 Å². The summed E-state index contributed by atoms with van der Waals surface area (Å²) in [5.74, 6) is 0. The van der Waals surface area contributed by atoms with E-state index in [-0.39, 0.29) is 5.54 Å². The van der Waals surface area contributed by atoms with Gasteiger partial charge in [-0.15, -0.1) is 0 Å². The molecule has 1 aliphatic rings. The maximum Gasteiger partial charge on any atom is 0.0461 e. The zero-order valence-electron chi connectivity index (χ0n) is 9.65. The zero-order valence-corrected chi connectivity index (χ0v) is 10.4. The molecule has 82 valence electrons. The fourth-order valence-electron chi connectivity index (χ4n) is 2.43. The van der Waals surface area contributed by atoms with Crippen LogP contribution in [0.3, 0.4) is 0 Å². The lowest BCUT2D eigenvalue weighted by molar-refractivity contribution is 0.382. The van der Waals surface area contributed by atoms with Gasteiger partial charge in [0.15, 0.2) is 0 Å². The minimum atomic E-state index is 0.0109. The van der Waals surface area contributed by atoms with Gasteiger partial charge in [-0.05, 0) is 56.0 Å². The Morgan fingerprint density at radius 2 is 2.13 bits per heavy atom. The Kier molecular flexibility index (Phi) is 2.78. The first-order valence-electron chi connectivity index (χ1n) is 5.61. The van der Waals surface area contributed by atoms with E-state index >= 15 is 0 Å². The summed E-state index contributed by atoms with van der Waals surface area (Å²) >= 11 is 6.37. The molecule has 0 unspecified atom stereocenters. The molecule has 2 heteroatoms. The Hall–Kier alpha value is -0.530. The number of hydrogen-bond donors (Lipinski definition) is 1. The van der Waals surface area contributed by atoms with Crippen LogP contribution in [0.15, 0.2) is 12.1 Å². The first-order chi connectivity index (χ1) is 7.04. The van der Waals surface area contributed by atoms with E-state index in [9.17, 15) is 0 Å². The topological polar surface area (TPSA) is 12.0 Å². The van der Waals surface area contributed by atoms with Crippen molar-refractivity contribution in [1.29, 1.82) is 0 Å². The van der Waals surface area contributed by atoms with Crippen LogP contribution in [0, 0.1) is 0 Å². The fraction of sp³-hybridized carbons (Fsp3) is 0.538. The smallest absolute Gasteiger partial charge is 0.0461 e. The SMILES string of the molecule is CCc1cc(Cl)c2c(c1)CCNC2(C)C. The van der Waals surface area contributed by atoms with Gasteiger partial charge in [0.05, 0.1) is 0 Å². The highest BCUT2D eigenvalue weighted by Gasteiger charge is 2.29. The normalized spacial score (nSPS) is 18.7. The lowest BCUT2D eigenvalue weighted by Gasteiger charge is -2.35. The van der Waals surface area contributed by atoms with E-state index in [1.807, 2.05) is 0 Å². The number of aryl methyl sites for hydroxylation is 1.